The van der Waals surface area contributed by atoms with E-state index in [9.17, 15) is 66.4 Å². The smallest absolute Gasteiger partial charge is 0.187 e. The SMILES string of the molecule is CNC1[C@H](OC2[C@H](O[C@@H]3C(O)[C@H](O)C(N=C(N)N)C(O)[C@@H]3N=C(N)N)O[C@H](C)[C@@H]2CNCCCCNC[C@@]2(O)C(O[C@@H]3OC(CO)[C@H](O)[C@H](O)C3NC)[C@H](O[C@@H]3C(O)[C@H](O)C(N=C(N)N)C(O)[C@@H]3N=C(N)N)O[C@@H]2C)OC(CO)[C@H](O)[C@@H]1O. The number of aliphatic imine (C=N–C) groups is 4. The Hall–Kier alpha value is -3.92. The van der Waals surface area contributed by atoms with Crippen molar-refractivity contribution in [3.63, 3.8) is 0 Å². The quantitative estimate of drug-likeness (QED) is 0.0229. The van der Waals surface area contributed by atoms with E-state index in [1.165, 1.54) is 21.0 Å². The van der Waals surface area contributed by atoms with E-state index >= 15 is 0 Å². The van der Waals surface area contributed by atoms with Crippen molar-refractivity contribution in [2.24, 2.45) is 71.8 Å². The molecule has 6 rings (SSSR count). The zero-order valence-corrected chi connectivity index (χ0v) is 46.4. The number of nitrogens with two attached hydrogens (primary N) is 8. The van der Waals surface area contributed by atoms with Gasteiger partial charge in [0.2, 0.25) is 0 Å². The second-order valence-electron chi connectivity index (χ2n) is 21.6. The molecule has 4 heterocycles. The fourth-order valence-electron chi connectivity index (χ4n) is 11.5. The molecule has 30 atom stereocenters. The summed E-state index contributed by atoms with van der Waals surface area (Å²) < 4.78 is 49.7. The molecule has 33 N–H and O–H groups in total. The topological polar surface area (TPSA) is 643 Å². The molecule has 2 aliphatic carbocycles. The number of guanidine groups is 4. The van der Waals surface area contributed by atoms with E-state index in [4.69, 9.17) is 83.8 Å². The molecule has 12 unspecified atom stereocenters. The van der Waals surface area contributed by atoms with Gasteiger partial charge in [-0.05, 0) is 53.9 Å². The number of aliphatic hydroxyl groups excluding tert-OH is 12. The Kier molecular flexibility index (Phi) is 24.4. The van der Waals surface area contributed by atoms with Gasteiger partial charge in [-0.15, -0.1) is 0 Å². The van der Waals surface area contributed by atoms with Crippen LogP contribution >= 0.6 is 0 Å². The van der Waals surface area contributed by atoms with E-state index in [0.717, 1.165) is 0 Å². The molecule has 0 spiro atoms. The molecule has 0 radical (unpaired) electrons. The van der Waals surface area contributed by atoms with Crippen LogP contribution in [0.5, 0.6) is 0 Å². The number of hydrogen-bond acceptors (Lipinski definition) is 29. The van der Waals surface area contributed by atoms with Crippen LogP contribution in [0.4, 0.5) is 0 Å². The van der Waals surface area contributed by atoms with Crippen LogP contribution in [0.25, 0.3) is 0 Å². The summed E-state index contributed by atoms with van der Waals surface area (Å²) in [4.78, 5) is 15.8. The van der Waals surface area contributed by atoms with Crippen molar-refractivity contribution in [3.05, 3.63) is 0 Å². The molecule has 6 fully saturated rings. The second-order valence-corrected chi connectivity index (χ2v) is 21.6. The predicted octanol–water partition coefficient (Wildman–Crippen LogP) is -14.9. The lowest BCUT2D eigenvalue weighted by Gasteiger charge is -2.46. The van der Waals surface area contributed by atoms with E-state index in [1.807, 2.05) is 0 Å². The normalized spacial score (nSPS) is 45.6. The summed E-state index contributed by atoms with van der Waals surface area (Å²) in [5.41, 5.74) is 43.0. The Morgan fingerprint density at radius 1 is 0.470 bits per heavy atom. The fraction of sp³-hybridized carbons (Fsp3) is 0.913. The molecular weight excluding hydrogens is 1110 g/mol. The largest absolute Gasteiger partial charge is 0.394 e. The van der Waals surface area contributed by atoms with Crippen LogP contribution in [0.3, 0.4) is 0 Å². The molecule has 37 heteroatoms. The number of unbranched alkanes of at least 4 members (excludes halogenated alkanes) is 1. The molecule has 0 aromatic carbocycles. The third-order valence-electron chi connectivity index (χ3n) is 16.1. The molecule has 4 saturated heterocycles. The maximum atomic E-state index is 12.6. The summed E-state index contributed by atoms with van der Waals surface area (Å²) in [7, 11) is 2.93. The highest BCUT2D eigenvalue weighted by Gasteiger charge is 2.61. The standard InChI is InChI=1S/C46H90N16O21/c1-13-15(34(80-38-22(55-3)30(71)24(65)16(10-63)78-38)40(76-13)81-35-20(61-44(51)52)26(67)18(59-42(47)48)28(69)32(35)73)9-57-7-5-6-8-58-12-46(75)14(2)77-41(37(46)83-39-23(56-4)31(72)25(66)17(11-64)79-39)82-36-21(62-45(53)54)27(68)19(60-43(49)50)29(70)33(36)74/h13-41,55-58,63-75H,5-12H2,1-4H3,(H4,47,48,59)(H4,49,50,60)(H4,51,52,61)(H4,53,54,62)/t13-,14-,15+,16?,17?,18?,19?,20+,21+,22?,23?,24+,25+,26?,27?,28-,29-,30-,31-,32?,33?,34?,35+,36+,37?,38+,39+,40+,41+,46+/m1/s1. The molecule has 83 heavy (non-hydrogen) atoms. The summed E-state index contributed by atoms with van der Waals surface area (Å²) in [6.07, 6.45) is -32.4. The molecule has 0 bridgehead atoms. The molecule has 0 amide bonds. The Bertz CT molecular complexity index is 2160. The van der Waals surface area contributed by atoms with Crippen LogP contribution in [0.2, 0.25) is 0 Å². The van der Waals surface area contributed by atoms with Gasteiger partial charge in [-0.3, -0.25) is 0 Å². The Balaban J connectivity index is 1.16. The van der Waals surface area contributed by atoms with Gasteiger partial charge in [0, 0.05) is 19.0 Å². The van der Waals surface area contributed by atoms with Gasteiger partial charge in [-0.1, -0.05) is 0 Å². The zero-order chi connectivity index (χ0) is 61.5. The second kappa shape index (κ2) is 29.7. The van der Waals surface area contributed by atoms with Crippen LogP contribution in [0.15, 0.2) is 20.0 Å². The molecular formula is C46H90N16O21. The van der Waals surface area contributed by atoms with Gasteiger partial charge < -0.3 is 171 Å². The van der Waals surface area contributed by atoms with Crippen LogP contribution in [0, 0.1) is 5.92 Å². The number of nitrogens with one attached hydrogen (secondary N) is 4. The molecule has 2 saturated carbocycles. The van der Waals surface area contributed by atoms with Crippen LogP contribution < -0.4 is 67.1 Å². The highest BCUT2D eigenvalue weighted by molar-refractivity contribution is 5.77. The van der Waals surface area contributed by atoms with Crippen molar-refractivity contribution in [2.45, 2.75) is 204 Å². The van der Waals surface area contributed by atoms with Gasteiger partial charge in [0.25, 0.3) is 0 Å². The minimum atomic E-state index is -2.04. The number of ether oxygens (including phenoxy) is 8. The average Bonchev–Trinajstić information content (AvgIpc) is 4.12. The van der Waals surface area contributed by atoms with Gasteiger partial charge >= 0.3 is 0 Å². The molecule has 0 aromatic heterocycles. The van der Waals surface area contributed by atoms with Crippen molar-refractivity contribution in [1.29, 1.82) is 0 Å². The summed E-state index contributed by atoms with van der Waals surface area (Å²) in [5, 5.41) is 156. The first kappa shape index (κ1) is 68.2. The lowest BCUT2D eigenvalue weighted by Crippen LogP contribution is -2.67. The van der Waals surface area contributed by atoms with Gasteiger partial charge in [-0.25, -0.2) is 20.0 Å². The van der Waals surface area contributed by atoms with E-state index < -0.39 is 220 Å². The van der Waals surface area contributed by atoms with E-state index in [-0.39, 0.29) is 19.6 Å². The zero-order valence-electron chi connectivity index (χ0n) is 46.4. The van der Waals surface area contributed by atoms with E-state index in [1.54, 1.807) is 6.92 Å². The predicted molar refractivity (Wildman–Crippen MR) is 287 cm³/mol. The Morgan fingerprint density at radius 2 is 0.880 bits per heavy atom. The lowest BCUT2D eigenvalue weighted by atomic mass is 9.81. The van der Waals surface area contributed by atoms with Crippen LogP contribution in [0.1, 0.15) is 26.7 Å². The van der Waals surface area contributed by atoms with Gasteiger partial charge in [-0.2, -0.15) is 0 Å². The first-order valence-electron chi connectivity index (χ1n) is 27.2. The molecule has 480 valence electrons. The lowest BCUT2D eigenvalue weighted by molar-refractivity contribution is -0.316. The molecule has 6 aliphatic rings. The van der Waals surface area contributed by atoms with Gasteiger partial charge in [0.15, 0.2) is 49.0 Å². The summed E-state index contributed by atoms with van der Waals surface area (Å²) in [6, 6.07) is -8.26. The highest BCUT2D eigenvalue weighted by Crippen LogP contribution is 2.41. The fourth-order valence-corrected chi connectivity index (χ4v) is 11.5. The molecule has 0 aromatic rings. The molecule has 37 nitrogen and oxygen atoms in total. The third-order valence-corrected chi connectivity index (χ3v) is 16.1. The van der Waals surface area contributed by atoms with Crippen molar-refractivity contribution < 1.29 is 104 Å². The van der Waals surface area contributed by atoms with Gasteiger partial charge in [0.05, 0.1) is 37.5 Å². The van der Waals surface area contributed by atoms with Crippen molar-refractivity contribution in [1.82, 2.24) is 21.3 Å². The monoisotopic (exact) mass is 1200 g/mol. The summed E-state index contributed by atoms with van der Waals surface area (Å²) >= 11 is 0. The minimum Gasteiger partial charge on any atom is -0.394 e. The minimum absolute atomic E-state index is 0.171. The average molecular weight is 1200 g/mol. The third kappa shape index (κ3) is 15.3. The number of rotatable bonds is 25. The Labute approximate surface area is 477 Å². The highest BCUT2D eigenvalue weighted by atomic mass is 16.8. The summed E-state index contributed by atoms with van der Waals surface area (Å²) in [6.45, 7) is 2.32. The van der Waals surface area contributed by atoms with E-state index in [0.29, 0.717) is 19.4 Å². The van der Waals surface area contributed by atoms with Crippen LogP contribution in [-0.2, 0) is 37.9 Å². The first-order chi connectivity index (χ1) is 39.1. The first-order valence-corrected chi connectivity index (χ1v) is 27.2. The Morgan fingerprint density at radius 3 is 1.31 bits per heavy atom. The maximum absolute atomic E-state index is 12.6. The van der Waals surface area contributed by atoms with E-state index in [2.05, 4.69) is 41.2 Å². The maximum Gasteiger partial charge on any atom is 0.187 e. The number of likely N-dealkylation sites (N-methyl/N-ethyl adjacent to an activating group) is 2. The number of nitrogens with zero attached hydrogens (tertiary/aromatic N) is 4. The van der Waals surface area contributed by atoms with Crippen molar-refractivity contribution >= 4 is 23.8 Å². The number of aliphatic hydroxyl groups is 13. The van der Waals surface area contributed by atoms with Crippen molar-refractivity contribution in [2.75, 3.05) is 53.5 Å². The van der Waals surface area contributed by atoms with Crippen LogP contribution in [-0.4, -0.2) is 321 Å². The van der Waals surface area contributed by atoms with Crippen molar-refractivity contribution in [3.8, 4) is 0 Å². The molecule has 4 aliphatic heterocycles. The van der Waals surface area contributed by atoms with Gasteiger partial charge in [0.1, 0.15) is 127 Å². The number of hydrogen-bond donors (Lipinski definition) is 25. The summed E-state index contributed by atoms with van der Waals surface area (Å²) in [5.74, 6) is -2.72.